The summed E-state index contributed by atoms with van der Waals surface area (Å²) in [4.78, 5) is 28.7. The molecule has 0 bridgehead atoms. The first kappa shape index (κ1) is 15.4. The Labute approximate surface area is 127 Å². The summed E-state index contributed by atoms with van der Waals surface area (Å²) in [7, 11) is 0. The Balaban J connectivity index is 1.99. The van der Waals surface area contributed by atoms with Crippen LogP contribution in [0, 0.1) is 0 Å². The Bertz CT molecular complexity index is 548. The van der Waals surface area contributed by atoms with Crippen molar-refractivity contribution in [3.63, 3.8) is 0 Å². The van der Waals surface area contributed by atoms with Crippen LogP contribution in [0.2, 0.25) is 0 Å². The number of ether oxygens (including phenoxy) is 1. The third-order valence-electron chi connectivity index (χ3n) is 3.07. The van der Waals surface area contributed by atoms with Gasteiger partial charge in [-0.25, -0.2) is 9.69 Å². The smallest absolute Gasteiger partial charge is 0.417 e. The first-order valence-corrected chi connectivity index (χ1v) is 7.89. The number of hydrogen-bond acceptors (Lipinski definition) is 5. The number of thioether (sulfide) groups is 1. The number of nitrogens with two attached hydrogens (primary N) is 1. The molecule has 0 unspecified atom stereocenters. The minimum Gasteiger partial charge on any atom is -0.444 e. The first-order valence-electron chi connectivity index (χ1n) is 6.50. The quantitative estimate of drug-likeness (QED) is 0.893. The van der Waals surface area contributed by atoms with Gasteiger partial charge in [-0.05, 0) is 24.0 Å². The largest absolute Gasteiger partial charge is 0.444 e. The second-order valence-electron chi connectivity index (χ2n) is 4.52. The van der Waals surface area contributed by atoms with Crippen LogP contribution >= 0.6 is 11.8 Å². The molecule has 2 rings (SSSR count). The van der Waals surface area contributed by atoms with Crippen molar-refractivity contribution in [1.82, 2.24) is 4.90 Å². The summed E-state index contributed by atoms with van der Waals surface area (Å²) in [6.45, 7) is 0.132. The van der Waals surface area contributed by atoms with Crippen LogP contribution in [0.1, 0.15) is 12.0 Å². The lowest BCUT2D eigenvalue weighted by Gasteiger charge is -2.22. The summed E-state index contributed by atoms with van der Waals surface area (Å²) in [5, 5.41) is 0. The van der Waals surface area contributed by atoms with Crippen LogP contribution in [0.15, 0.2) is 35.3 Å². The van der Waals surface area contributed by atoms with Gasteiger partial charge in [0.15, 0.2) is 0 Å². The van der Waals surface area contributed by atoms with Gasteiger partial charge >= 0.3 is 6.09 Å². The molecule has 1 heterocycles. The SMILES string of the molecule is CSCC[C@H]1C(=O)N=C(N)N1C(=O)OCc1ccccc1. The first-order chi connectivity index (χ1) is 10.1. The average molecular weight is 307 g/mol. The summed E-state index contributed by atoms with van der Waals surface area (Å²) >= 11 is 1.59. The summed E-state index contributed by atoms with van der Waals surface area (Å²) in [5.74, 6) is 0.254. The van der Waals surface area contributed by atoms with E-state index in [1.54, 1.807) is 11.8 Å². The maximum atomic E-state index is 12.1. The zero-order chi connectivity index (χ0) is 15.2. The van der Waals surface area contributed by atoms with Crippen molar-refractivity contribution in [2.24, 2.45) is 10.7 Å². The molecule has 7 heteroatoms. The van der Waals surface area contributed by atoms with Gasteiger partial charge in [0.05, 0.1) is 0 Å². The van der Waals surface area contributed by atoms with E-state index in [4.69, 9.17) is 10.5 Å². The van der Waals surface area contributed by atoms with E-state index in [0.29, 0.717) is 6.42 Å². The van der Waals surface area contributed by atoms with Crippen LogP contribution in [-0.4, -0.2) is 40.9 Å². The Morgan fingerprint density at radius 3 is 2.81 bits per heavy atom. The topological polar surface area (TPSA) is 85.0 Å². The van der Waals surface area contributed by atoms with Crippen molar-refractivity contribution in [2.75, 3.05) is 12.0 Å². The second kappa shape index (κ2) is 7.12. The predicted molar refractivity (Wildman–Crippen MR) is 81.9 cm³/mol. The highest BCUT2D eigenvalue weighted by atomic mass is 32.2. The fourth-order valence-electron chi connectivity index (χ4n) is 2.00. The van der Waals surface area contributed by atoms with Gasteiger partial charge in [0.2, 0.25) is 5.96 Å². The van der Waals surface area contributed by atoms with Gasteiger partial charge in [0.1, 0.15) is 12.6 Å². The molecule has 2 amide bonds. The fraction of sp³-hybridized carbons (Fsp3) is 0.357. The van der Waals surface area contributed by atoms with Gasteiger partial charge in [-0.15, -0.1) is 0 Å². The van der Waals surface area contributed by atoms with Crippen LogP contribution < -0.4 is 5.73 Å². The number of aliphatic imine (C=N–C) groups is 1. The molecule has 1 aromatic rings. The van der Waals surface area contributed by atoms with Crippen molar-refractivity contribution < 1.29 is 14.3 Å². The summed E-state index contributed by atoms with van der Waals surface area (Å²) in [5.41, 5.74) is 6.52. The van der Waals surface area contributed by atoms with E-state index >= 15 is 0 Å². The Kier molecular flexibility index (Phi) is 5.21. The Morgan fingerprint density at radius 2 is 2.14 bits per heavy atom. The van der Waals surface area contributed by atoms with Gasteiger partial charge in [-0.1, -0.05) is 30.3 Å². The molecule has 1 aliphatic heterocycles. The summed E-state index contributed by atoms with van der Waals surface area (Å²) in [6, 6.07) is 8.66. The van der Waals surface area contributed by atoms with Crippen LogP contribution in [0.25, 0.3) is 0 Å². The van der Waals surface area contributed by atoms with Crippen LogP contribution in [0.3, 0.4) is 0 Å². The number of carbonyl (C=O) groups is 2. The molecule has 2 N–H and O–H groups in total. The highest BCUT2D eigenvalue weighted by Crippen LogP contribution is 2.17. The van der Waals surface area contributed by atoms with Gasteiger partial charge in [-0.3, -0.25) is 4.79 Å². The molecule has 21 heavy (non-hydrogen) atoms. The lowest BCUT2D eigenvalue weighted by molar-refractivity contribution is -0.120. The van der Waals surface area contributed by atoms with Crippen molar-refractivity contribution in [3.8, 4) is 0 Å². The van der Waals surface area contributed by atoms with Crippen LogP contribution in [0.4, 0.5) is 4.79 Å². The monoisotopic (exact) mass is 307 g/mol. The van der Waals surface area contributed by atoms with Gasteiger partial charge in [0, 0.05) is 0 Å². The number of rotatable bonds is 5. The standard InChI is InChI=1S/C14H17N3O3S/c1-21-8-7-11-12(18)16-13(15)17(11)14(19)20-9-10-5-3-2-4-6-10/h2-6,11H,7-9H2,1H3,(H2,15,16,18)/t11-/m0/s1. The van der Waals surface area contributed by atoms with Crippen molar-refractivity contribution >= 4 is 29.7 Å². The van der Waals surface area contributed by atoms with E-state index in [9.17, 15) is 9.59 Å². The molecule has 0 radical (unpaired) electrons. The highest BCUT2D eigenvalue weighted by Gasteiger charge is 2.38. The van der Waals surface area contributed by atoms with Crippen molar-refractivity contribution in [3.05, 3.63) is 35.9 Å². The maximum Gasteiger partial charge on any atom is 0.417 e. The maximum absolute atomic E-state index is 12.1. The number of amides is 2. The zero-order valence-electron chi connectivity index (χ0n) is 11.7. The van der Waals surface area contributed by atoms with Gasteiger partial charge < -0.3 is 10.5 Å². The Morgan fingerprint density at radius 1 is 1.43 bits per heavy atom. The number of carbonyl (C=O) groups excluding carboxylic acids is 2. The summed E-state index contributed by atoms with van der Waals surface area (Å²) in [6.07, 6.45) is 1.80. The Hall–Kier alpha value is -2.02. The number of nitrogens with zero attached hydrogens (tertiary/aromatic N) is 2. The third-order valence-corrected chi connectivity index (χ3v) is 3.71. The lowest BCUT2D eigenvalue weighted by Crippen LogP contribution is -2.46. The summed E-state index contributed by atoms with van der Waals surface area (Å²) < 4.78 is 5.21. The van der Waals surface area contributed by atoms with Crippen molar-refractivity contribution in [2.45, 2.75) is 19.1 Å². The number of guanidine groups is 1. The average Bonchev–Trinajstić information content (AvgIpc) is 2.77. The molecule has 112 valence electrons. The second-order valence-corrected chi connectivity index (χ2v) is 5.50. The van der Waals surface area contributed by atoms with Crippen LogP contribution in [-0.2, 0) is 16.1 Å². The molecule has 0 saturated carbocycles. The lowest BCUT2D eigenvalue weighted by atomic mass is 10.2. The molecule has 0 spiro atoms. The van der Waals surface area contributed by atoms with E-state index in [1.165, 1.54) is 0 Å². The molecule has 1 aromatic carbocycles. The molecule has 1 aliphatic rings. The van der Waals surface area contributed by atoms with E-state index < -0.39 is 18.0 Å². The normalized spacial score (nSPS) is 17.8. The number of hydrogen-bond donors (Lipinski definition) is 1. The molecular formula is C14H17N3O3S. The zero-order valence-corrected chi connectivity index (χ0v) is 12.5. The molecule has 0 saturated heterocycles. The van der Waals surface area contributed by atoms with Crippen LogP contribution in [0.5, 0.6) is 0 Å². The fourth-order valence-corrected chi connectivity index (χ4v) is 2.46. The minimum absolute atomic E-state index is 0.0934. The van der Waals surface area contributed by atoms with Crippen molar-refractivity contribution in [1.29, 1.82) is 0 Å². The van der Waals surface area contributed by atoms with E-state index in [2.05, 4.69) is 4.99 Å². The molecule has 0 aliphatic carbocycles. The highest BCUT2D eigenvalue weighted by molar-refractivity contribution is 7.98. The van der Waals surface area contributed by atoms with Gasteiger partial charge in [-0.2, -0.15) is 16.8 Å². The molecular weight excluding hydrogens is 290 g/mol. The van der Waals surface area contributed by atoms with Gasteiger partial charge in [0.25, 0.3) is 5.91 Å². The van der Waals surface area contributed by atoms with E-state index in [-0.39, 0.29) is 12.6 Å². The van der Waals surface area contributed by atoms with E-state index in [0.717, 1.165) is 16.2 Å². The predicted octanol–water partition coefficient (Wildman–Crippen LogP) is 1.60. The number of benzene rings is 1. The molecule has 0 aromatic heterocycles. The third kappa shape index (κ3) is 3.75. The minimum atomic E-state index is -0.652. The van der Waals surface area contributed by atoms with E-state index in [1.807, 2.05) is 36.6 Å². The molecule has 6 nitrogen and oxygen atoms in total. The molecule has 0 fully saturated rings. The molecule has 1 atom stereocenters.